The third-order valence-electron chi connectivity index (χ3n) is 5.84. The summed E-state index contributed by atoms with van der Waals surface area (Å²) in [6, 6.07) is 6.32. The molecule has 0 bridgehead atoms. The maximum atomic E-state index is 13.0. The van der Waals surface area contributed by atoms with Crippen LogP contribution in [0.3, 0.4) is 0 Å². The van der Waals surface area contributed by atoms with E-state index in [2.05, 4.69) is 10.3 Å². The molecule has 2 amide bonds. The van der Waals surface area contributed by atoms with E-state index in [4.69, 9.17) is 5.73 Å². The summed E-state index contributed by atoms with van der Waals surface area (Å²) in [5, 5.41) is 13.1. The van der Waals surface area contributed by atoms with E-state index in [9.17, 15) is 14.7 Å². The van der Waals surface area contributed by atoms with Gasteiger partial charge in [0.1, 0.15) is 6.04 Å². The van der Waals surface area contributed by atoms with Crippen LogP contribution in [0.5, 0.6) is 0 Å². The normalized spacial score (nSPS) is 21.1. The maximum absolute atomic E-state index is 13.0. The molecule has 1 aromatic heterocycles. The van der Waals surface area contributed by atoms with Gasteiger partial charge in [0, 0.05) is 13.0 Å². The van der Waals surface area contributed by atoms with Gasteiger partial charge in [-0.3, -0.25) is 9.59 Å². The zero-order valence-corrected chi connectivity index (χ0v) is 19.6. The van der Waals surface area contributed by atoms with Crippen LogP contribution in [-0.2, 0) is 9.59 Å². The highest BCUT2D eigenvalue weighted by molar-refractivity contribution is 7.13. The Morgan fingerprint density at radius 1 is 1.29 bits per heavy atom. The predicted molar refractivity (Wildman–Crippen MR) is 122 cm³/mol. The number of likely N-dealkylation sites (tertiary alicyclic amines) is 1. The monoisotopic (exact) mass is 444 g/mol. The number of nitrogens with zero attached hydrogens (tertiary/aromatic N) is 2. The highest BCUT2D eigenvalue weighted by atomic mass is 32.1. The van der Waals surface area contributed by atoms with Crippen LogP contribution in [0.4, 0.5) is 0 Å². The van der Waals surface area contributed by atoms with E-state index in [-0.39, 0.29) is 30.8 Å². The van der Waals surface area contributed by atoms with Gasteiger partial charge >= 0.3 is 0 Å². The van der Waals surface area contributed by atoms with E-state index in [1.165, 1.54) is 4.90 Å². The first-order valence-corrected chi connectivity index (χ1v) is 11.4. The Labute approximate surface area is 187 Å². The molecule has 4 N–H and O–H groups in total. The number of benzene rings is 1. The van der Waals surface area contributed by atoms with Crippen LogP contribution in [0, 0.1) is 12.3 Å². The number of hydrogen-bond donors (Lipinski definition) is 3. The molecule has 7 nitrogen and oxygen atoms in total. The summed E-state index contributed by atoms with van der Waals surface area (Å²) in [5.41, 5.74) is 10.6. The Morgan fingerprint density at radius 2 is 1.94 bits per heavy atom. The van der Waals surface area contributed by atoms with Gasteiger partial charge in [-0.15, -0.1) is 11.3 Å². The lowest BCUT2D eigenvalue weighted by atomic mass is 9.86. The number of nitrogens with two attached hydrogens (primary N) is 1. The van der Waals surface area contributed by atoms with Crippen molar-refractivity contribution >= 4 is 23.2 Å². The summed E-state index contributed by atoms with van der Waals surface area (Å²) in [4.78, 5) is 32.7. The first-order valence-electron chi connectivity index (χ1n) is 10.5. The summed E-state index contributed by atoms with van der Waals surface area (Å²) in [6.45, 7) is 9.67. The molecule has 0 spiro atoms. The third kappa shape index (κ3) is 5.14. The molecule has 0 radical (unpaired) electrons. The average Bonchev–Trinajstić information content (AvgIpc) is 3.31. The first kappa shape index (κ1) is 23.4. The summed E-state index contributed by atoms with van der Waals surface area (Å²) in [7, 11) is 0. The van der Waals surface area contributed by atoms with E-state index >= 15 is 0 Å². The molecule has 1 aliphatic heterocycles. The molecule has 8 heteroatoms. The van der Waals surface area contributed by atoms with Crippen LogP contribution in [0.1, 0.15) is 51.4 Å². The van der Waals surface area contributed by atoms with Crippen molar-refractivity contribution in [2.75, 3.05) is 6.54 Å². The zero-order chi connectivity index (χ0) is 22.9. The molecule has 31 heavy (non-hydrogen) atoms. The quantitative estimate of drug-likeness (QED) is 0.657. The second-order valence-corrected chi connectivity index (χ2v) is 10.2. The third-order valence-corrected chi connectivity index (χ3v) is 6.82. The molecule has 168 valence electrons. The molecule has 1 fully saturated rings. The number of carbonyl (C=O) groups excluding carboxylic acids is 2. The number of aryl methyl sites for hydroxylation is 1. The van der Waals surface area contributed by atoms with Crippen molar-refractivity contribution in [3.63, 3.8) is 0 Å². The number of aromatic nitrogens is 1. The summed E-state index contributed by atoms with van der Waals surface area (Å²) < 4.78 is 0. The summed E-state index contributed by atoms with van der Waals surface area (Å²) in [6.07, 6.45) is -0.519. The standard InChI is InChI=1S/C23H32N4O3S/c1-13(15-6-8-16(9-7-15)19-14(2)25-12-31-19)26-21(29)18-10-17(28)11-27(18)22(30)20(24)23(3,4)5/h6-9,12-13,17-18,20,28H,10-11,24H2,1-5H3,(H,26,29)/t13-,17+,18-,20+/m1/s1. The fraction of sp³-hybridized carbons (Fsp3) is 0.522. The molecule has 0 aliphatic carbocycles. The number of aliphatic hydroxyl groups is 1. The lowest BCUT2D eigenvalue weighted by Gasteiger charge is -2.32. The molecule has 0 saturated carbocycles. The number of rotatable bonds is 5. The number of β-amino-alcohol motifs (C(OH)–C–C–N with tert-alkyl or cyclic N) is 1. The van der Waals surface area contributed by atoms with Crippen molar-refractivity contribution in [1.29, 1.82) is 0 Å². The molecule has 4 atom stereocenters. The van der Waals surface area contributed by atoms with Crippen LogP contribution < -0.4 is 11.1 Å². The van der Waals surface area contributed by atoms with E-state index < -0.39 is 23.6 Å². The average molecular weight is 445 g/mol. The summed E-state index contributed by atoms with van der Waals surface area (Å²) in [5.74, 6) is -0.581. The first-order chi connectivity index (χ1) is 14.5. The maximum Gasteiger partial charge on any atom is 0.243 e. The molecular formula is C23H32N4O3S. The minimum Gasteiger partial charge on any atom is -0.391 e. The summed E-state index contributed by atoms with van der Waals surface area (Å²) >= 11 is 1.60. The van der Waals surface area contributed by atoms with E-state index in [0.29, 0.717) is 0 Å². The van der Waals surface area contributed by atoms with Gasteiger partial charge in [-0.1, -0.05) is 45.0 Å². The van der Waals surface area contributed by atoms with Gasteiger partial charge in [0.25, 0.3) is 0 Å². The van der Waals surface area contributed by atoms with Gasteiger partial charge in [0.2, 0.25) is 11.8 Å². The number of amides is 2. The number of nitrogens with one attached hydrogen (secondary N) is 1. The van der Waals surface area contributed by atoms with Gasteiger partial charge in [-0.25, -0.2) is 4.98 Å². The van der Waals surface area contributed by atoms with Gasteiger partial charge in [0.15, 0.2) is 0 Å². The molecular weight excluding hydrogens is 412 g/mol. The lowest BCUT2D eigenvalue weighted by molar-refractivity contribution is -0.141. The lowest BCUT2D eigenvalue weighted by Crippen LogP contribution is -2.55. The van der Waals surface area contributed by atoms with Gasteiger partial charge < -0.3 is 21.1 Å². The zero-order valence-electron chi connectivity index (χ0n) is 18.8. The number of thiazole rings is 1. The smallest absolute Gasteiger partial charge is 0.243 e. The molecule has 3 rings (SSSR count). The van der Waals surface area contributed by atoms with Gasteiger partial charge in [0.05, 0.1) is 34.3 Å². The van der Waals surface area contributed by atoms with Crippen LogP contribution in [0.2, 0.25) is 0 Å². The molecule has 1 saturated heterocycles. The van der Waals surface area contributed by atoms with E-state index in [1.807, 2.05) is 64.4 Å². The largest absolute Gasteiger partial charge is 0.391 e. The molecule has 0 unspecified atom stereocenters. The van der Waals surface area contributed by atoms with Crippen molar-refractivity contribution < 1.29 is 14.7 Å². The fourth-order valence-electron chi connectivity index (χ4n) is 3.75. The minimum atomic E-state index is -0.742. The molecule has 1 aromatic carbocycles. The molecule has 2 aromatic rings. The topological polar surface area (TPSA) is 109 Å². The number of aliphatic hydroxyl groups excluding tert-OH is 1. The Morgan fingerprint density at radius 3 is 2.48 bits per heavy atom. The molecule has 2 heterocycles. The Hall–Kier alpha value is -2.29. The highest BCUT2D eigenvalue weighted by Crippen LogP contribution is 2.29. The van der Waals surface area contributed by atoms with E-state index in [1.54, 1.807) is 11.3 Å². The van der Waals surface area contributed by atoms with Crippen molar-refractivity contribution in [3.05, 3.63) is 41.0 Å². The number of carbonyl (C=O) groups is 2. The Bertz CT molecular complexity index is 935. The van der Waals surface area contributed by atoms with Crippen LogP contribution >= 0.6 is 11.3 Å². The van der Waals surface area contributed by atoms with Crippen LogP contribution in [0.15, 0.2) is 29.8 Å². The van der Waals surface area contributed by atoms with Gasteiger partial charge in [-0.05, 0) is 30.4 Å². The van der Waals surface area contributed by atoms with Crippen molar-refractivity contribution in [1.82, 2.24) is 15.2 Å². The second kappa shape index (κ2) is 9.06. The Balaban J connectivity index is 1.69. The molecule has 1 aliphatic rings. The van der Waals surface area contributed by atoms with Crippen LogP contribution in [-0.4, -0.2) is 51.5 Å². The van der Waals surface area contributed by atoms with Gasteiger partial charge in [-0.2, -0.15) is 0 Å². The highest BCUT2D eigenvalue weighted by Gasteiger charge is 2.42. The van der Waals surface area contributed by atoms with Crippen molar-refractivity contribution in [2.45, 2.75) is 65.3 Å². The van der Waals surface area contributed by atoms with Crippen molar-refractivity contribution in [2.24, 2.45) is 11.1 Å². The fourth-order valence-corrected chi connectivity index (χ4v) is 4.56. The van der Waals surface area contributed by atoms with E-state index in [0.717, 1.165) is 21.7 Å². The van der Waals surface area contributed by atoms with Crippen LogP contribution in [0.25, 0.3) is 10.4 Å². The Kier molecular flexibility index (Phi) is 6.83. The predicted octanol–water partition coefficient (Wildman–Crippen LogP) is 2.63. The second-order valence-electron chi connectivity index (χ2n) is 9.36. The van der Waals surface area contributed by atoms with Crippen molar-refractivity contribution in [3.8, 4) is 10.4 Å². The SMILES string of the molecule is Cc1ncsc1-c1ccc([C@@H](C)NC(=O)[C@H]2C[C@H](O)CN2C(=O)[C@H](N)C(C)(C)C)cc1. The number of hydrogen-bond acceptors (Lipinski definition) is 6. The minimum absolute atomic E-state index is 0.123.